The van der Waals surface area contributed by atoms with Crippen molar-refractivity contribution in [1.82, 2.24) is 9.78 Å². The molecule has 19 heavy (non-hydrogen) atoms. The average Bonchev–Trinajstić information content (AvgIpc) is 2.78. The molecule has 4 heteroatoms. The van der Waals surface area contributed by atoms with Crippen LogP contribution >= 0.6 is 0 Å². The van der Waals surface area contributed by atoms with Gasteiger partial charge < -0.3 is 4.74 Å². The summed E-state index contributed by atoms with van der Waals surface area (Å²) >= 11 is 0. The summed E-state index contributed by atoms with van der Waals surface area (Å²) in [6.07, 6.45) is 0. The second-order valence-corrected chi connectivity index (χ2v) is 4.77. The molecule has 0 saturated heterocycles. The van der Waals surface area contributed by atoms with Crippen molar-refractivity contribution in [2.75, 3.05) is 0 Å². The van der Waals surface area contributed by atoms with E-state index in [1.165, 1.54) is 0 Å². The van der Waals surface area contributed by atoms with E-state index in [-0.39, 0.29) is 11.7 Å². The van der Waals surface area contributed by atoms with Gasteiger partial charge in [-0.2, -0.15) is 5.10 Å². The van der Waals surface area contributed by atoms with Crippen molar-refractivity contribution >= 4 is 5.78 Å². The molecule has 100 valence electrons. The lowest BCUT2D eigenvalue weighted by atomic mass is 10.1. The van der Waals surface area contributed by atoms with E-state index in [0.29, 0.717) is 12.3 Å². The molecule has 1 aromatic carbocycles. The van der Waals surface area contributed by atoms with Crippen molar-refractivity contribution in [2.45, 2.75) is 20.5 Å². The zero-order valence-electron chi connectivity index (χ0n) is 11.5. The van der Waals surface area contributed by atoms with Gasteiger partial charge in [-0.05, 0) is 18.2 Å². The molecule has 0 atom stereocenters. The highest BCUT2D eigenvalue weighted by Crippen LogP contribution is 2.13. The number of ether oxygens (including phenoxy) is 1. The van der Waals surface area contributed by atoms with Gasteiger partial charge in [-0.1, -0.05) is 32.0 Å². The minimum absolute atomic E-state index is 0.0437. The Balaban J connectivity index is 2.07. The van der Waals surface area contributed by atoms with Gasteiger partial charge in [0.05, 0.1) is 5.69 Å². The van der Waals surface area contributed by atoms with Gasteiger partial charge in [0.15, 0.2) is 5.78 Å². The molecule has 0 bridgehead atoms. The number of hydrogen-bond donors (Lipinski definition) is 0. The second kappa shape index (κ2) is 5.69. The highest BCUT2D eigenvalue weighted by Gasteiger charge is 2.16. The summed E-state index contributed by atoms with van der Waals surface area (Å²) in [5.74, 6) is 0.819. The molecular formula is C15H18N2O2. The molecule has 0 unspecified atom stereocenters. The number of benzene rings is 1. The summed E-state index contributed by atoms with van der Waals surface area (Å²) in [4.78, 5) is 11.9. The molecule has 0 N–H and O–H groups in total. The maximum atomic E-state index is 11.9. The zero-order valence-corrected chi connectivity index (χ0v) is 11.5. The van der Waals surface area contributed by atoms with Gasteiger partial charge in [0, 0.05) is 13.0 Å². The van der Waals surface area contributed by atoms with Crippen molar-refractivity contribution in [2.24, 2.45) is 13.0 Å². The number of nitrogens with zero attached hydrogens (tertiary/aromatic N) is 2. The molecule has 0 saturated carbocycles. The number of hydrogen-bond acceptors (Lipinski definition) is 3. The highest BCUT2D eigenvalue weighted by molar-refractivity contribution is 5.95. The average molecular weight is 258 g/mol. The molecule has 2 rings (SSSR count). The van der Waals surface area contributed by atoms with E-state index >= 15 is 0 Å². The SMILES string of the molecule is CC(C)C(=O)c1cc(COc2ccccc2)n(C)n1. The Hall–Kier alpha value is -2.10. The Labute approximate surface area is 113 Å². The highest BCUT2D eigenvalue weighted by atomic mass is 16.5. The minimum Gasteiger partial charge on any atom is -0.487 e. The van der Waals surface area contributed by atoms with Gasteiger partial charge in [-0.25, -0.2) is 0 Å². The van der Waals surface area contributed by atoms with E-state index in [4.69, 9.17) is 4.74 Å². The predicted molar refractivity (Wildman–Crippen MR) is 73.2 cm³/mol. The fourth-order valence-electron chi connectivity index (χ4n) is 1.73. The number of Topliss-reactive ketones (excluding diaryl/α,β-unsaturated/α-hetero) is 1. The first-order chi connectivity index (χ1) is 9.08. The molecule has 1 heterocycles. The van der Waals surface area contributed by atoms with Gasteiger partial charge >= 0.3 is 0 Å². The maximum Gasteiger partial charge on any atom is 0.185 e. The number of para-hydroxylation sites is 1. The predicted octanol–water partition coefficient (Wildman–Crippen LogP) is 2.84. The summed E-state index contributed by atoms with van der Waals surface area (Å²) in [6.45, 7) is 4.15. The van der Waals surface area contributed by atoms with Crippen molar-refractivity contribution in [3.8, 4) is 5.75 Å². The van der Waals surface area contributed by atoms with E-state index < -0.39 is 0 Å². The summed E-state index contributed by atoms with van der Waals surface area (Å²) in [5.41, 5.74) is 1.39. The van der Waals surface area contributed by atoms with Crippen molar-refractivity contribution in [3.05, 3.63) is 47.8 Å². The topological polar surface area (TPSA) is 44.1 Å². The Morgan fingerprint density at radius 2 is 2.00 bits per heavy atom. The first kappa shape index (κ1) is 13.3. The lowest BCUT2D eigenvalue weighted by molar-refractivity contribution is 0.0933. The third-order valence-corrected chi connectivity index (χ3v) is 2.88. The van der Waals surface area contributed by atoms with Crippen LogP contribution in [-0.4, -0.2) is 15.6 Å². The fourth-order valence-corrected chi connectivity index (χ4v) is 1.73. The van der Waals surface area contributed by atoms with Crippen LogP contribution in [0, 0.1) is 5.92 Å². The summed E-state index contributed by atoms with van der Waals surface area (Å²) in [5, 5.41) is 4.23. The molecule has 0 radical (unpaired) electrons. The molecule has 1 aromatic heterocycles. The number of ketones is 1. The van der Waals surface area contributed by atoms with Crippen molar-refractivity contribution in [1.29, 1.82) is 0 Å². The quantitative estimate of drug-likeness (QED) is 0.775. The molecular weight excluding hydrogens is 240 g/mol. The number of aromatic nitrogens is 2. The van der Waals surface area contributed by atoms with Crippen LogP contribution in [0.1, 0.15) is 30.0 Å². The summed E-state index contributed by atoms with van der Waals surface area (Å²) < 4.78 is 7.35. The molecule has 0 amide bonds. The van der Waals surface area contributed by atoms with Crippen LogP contribution in [0.15, 0.2) is 36.4 Å². The molecule has 0 fully saturated rings. The largest absolute Gasteiger partial charge is 0.487 e. The molecule has 0 aliphatic heterocycles. The van der Waals surface area contributed by atoms with E-state index in [0.717, 1.165) is 11.4 Å². The van der Waals surface area contributed by atoms with Crippen LogP contribution in [0.3, 0.4) is 0 Å². The van der Waals surface area contributed by atoms with Crippen LogP contribution in [0.25, 0.3) is 0 Å². The molecule has 0 aliphatic rings. The van der Waals surface area contributed by atoms with Crippen LogP contribution in [-0.2, 0) is 13.7 Å². The van der Waals surface area contributed by atoms with E-state index in [1.54, 1.807) is 10.7 Å². The van der Waals surface area contributed by atoms with Gasteiger partial charge in [-0.3, -0.25) is 9.48 Å². The number of aryl methyl sites for hydroxylation is 1. The van der Waals surface area contributed by atoms with Crippen molar-refractivity contribution < 1.29 is 9.53 Å². The Bertz CT molecular complexity index is 559. The van der Waals surface area contributed by atoms with E-state index in [1.807, 2.05) is 51.2 Å². The minimum atomic E-state index is -0.0437. The molecule has 4 nitrogen and oxygen atoms in total. The summed E-state index contributed by atoms with van der Waals surface area (Å²) in [6, 6.07) is 11.4. The van der Waals surface area contributed by atoms with E-state index in [9.17, 15) is 4.79 Å². The van der Waals surface area contributed by atoms with Crippen LogP contribution in [0.5, 0.6) is 5.75 Å². The molecule has 0 spiro atoms. The standard InChI is InChI=1S/C15H18N2O2/c1-11(2)15(18)14-9-12(17(3)16-14)10-19-13-7-5-4-6-8-13/h4-9,11H,10H2,1-3H3. The zero-order chi connectivity index (χ0) is 13.8. The Morgan fingerprint density at radius 3 is 2.63 bits per heavy atom. The fraction of sp³-hybridized carbons (Fsp3) is 0.333. The number of carbonyl (C=O) groups is 1. The number of rotatable bonds is 5. The second-order valence-electron chi connectivity index (χ2n) is 4.77. The van der Waals surface area contributed by atoms with Crippen LogP contribution < -0.4 is 4.74 Å². The first-order valence-electron chi connectivity index (χ1n) is 6.33. The smallest absolute Gasteiger partial charge is 0.185 e. The van der Waals surface area contributed by atoms with Gasteiger partial charge in [-0.15, -0.1) is 0 Å². The van der Waals surface area contributed by atoms with Crippen LogP contribution in [0.4, 0.5) is 0 Å². The lowest BCUT2D eigenvalue weighted by Crippen LogP contribution is -2.08. The van der Waals surface area contributed by atoms with Gasteiger partial charge in [0.1, 0.15) is 18.1 Å². The third kappa shape index (κ3) is 3.22. The monoisotopic (exact) mass is 258 g/mol. The van der Waals surface area contributed by atoms with E-state index in [2.05, 4.69) is 5.10 Å². The summed E-state index contributed by atoms with van der Waals surface area (Å²) in [7, 11) is 1.82. The van der Waals surface area contributed by atoms with Crippen molar-refractivity contribution in [3.63, 3.8) is 0 Å². The van der Waals surface area contributed by atoms with Gasteiger partial charge in [0.25, 0.3) is 0 Å². The number of carbonyl (C=O) groups excluding carboxylic acids is 1. The molecule has 2 aromatic rings. The maximum absolute atomic E-state index is 11.9. The van der Waals surface area contributed by atoms with Crippen LogP contribution in [0.2, 0.25) is 0 Å². The van der Waals surface area contributed by atoms with Gasteiger partial charge in [0.2, 0.25) is 0 Å². The third-order valence-electron chi connectivity index (χ3n) is 2.88. The lowest BCUT2D eigenvalue weighted by Gasteiger charge is -2.05. The Morgan fingerprint density at radius 1 is 1.32 bits per heavy atom. The first-order valence-corrected chi connectivity index (χ1v) is 6.33. The normalized spacial score (nSPS) is 10.7. The Kier molecular flexibility index (Phi) is 4.00. The molecule has 0 aliphatic carbocycles.